The third kappa shape index (κ3) is 4.93. The Kier molecular flexibility index (Phi) is 6.00. The average molecular weight is 208 g/mol. The van der Waals surface area contributed by atoms with Crippen molar-refractivity contribution in [1.82, 2.24) is 5.43 Å². The molecule has 1 aromatic carbocycles. The van der Waals surface area contributed by atoms with Gasteiger partial charge in [0.1, 0.15) is 0 Å². The van der Waals surface area contributed by atoms with Crippen LogP contribution in [-0.2, 0) is 11.2 Å². The van der Waals surface area contributed by atoms with Crippen LogP contribution in [0.2, 0.25) is 0 Å². The summed E-state index contributed by atoms with van der Waals surface area (Å²) in [6, 6.07) is 10.6. The predicted octanol–water partition coefficient (Wildman–Crippen LogP) is 1.49. The van der Waals surface area contributed by atoms with E-state index >= 15 is 0 Å². The molecule has 0 aromatic heterocycles. The molecule has 84 valence electrons. The monoisotopic (exact) mass is 208 g/mol. The van der Waals surface area contributed by atoms with Crippen LogP contribution in [0.5, 0.6) is 0 Å². The molecule has 1 atom stereocenters. The lowest BCUT2D eigenvalue weighted by Crippen LogP contribution is -2.37. The van der Waals surface area contributed by atoms with Crippen LogP contribution in [0.15, 0.2) is 30.3 Å². The Bertz CT molecular complexity index is 251. The summed E-state index contributed by atoms with van der Waals surface area (Å²) in [6.45, 7) is 3.53. The molecule has 0 aliphatic heterocycles. The van der Waals surface area contributed by atoms with Crippen LogP contribution in [0, 0.1) is 0 Å². The first-order valence-electron chi connectivity index (χ1n) is 5.44. The number of rotatable bonds is 7. The largest absolute Gasteiger partial charge is 0.382 e. The van der Waals surface area contributed by atoms with Gasteiger partial charge in [0.15, 0.2) is 0 Å². The number of hydrazine groups is 1. The number of hydrogen-bond donors (Lipinski definition) is 2. The van der Waals surface area contributed by atoms with Crippen LogP contribution in [0.1, 0.15) is 18.9 Å². The van der Waals surface area contributed by atoms with Gasteiger partial charge in [0.2, 0.25) is 0 Å². The van der Waals surface area contributed by atoms with Gasteiger partial charge in [0.25, 0.3) is 0 Å². The fraction of sp³-hybridized carbons (Fsp3) is 0.500. The molecular weight excluding hydrogens is 188 g/mol. The lowest BCUT2D eigenvalue weighted by molar-refractivity contribution is 0.136. The van der Waals surface area contributed by atoms with Gasteiger partial charge in [0.05, 0.1) is 0 Å². The number of hydrogen-bond acceptors (Lipinski definition) is 3. The van der Waals surface area contributed by atoms with Crippen molar-refractivity contribution < 1.29 is 4.74 Å². The van der Waals surface area contributed by atoms with Gasteiger partial charge in [-0.1, -0.05) is 30.3 Å². The molecule has 0 bridgehead atoms. The van der Waals surface area contributed by atoms with Gasteiger partial charge in [-0.05, 0) is 25.3 Å². The van der Waals surface area contributed by atoms with Crippen molar-refractivity contribution in [2.45, 2.75) is 25.8 Å². The van der Waals surface area contributed by atoms with Crippen LogP contribution in [0.25, 0.3) is 0 Å². The van der Waals surface area contributed by atoms with E-state index in [0.29, 0.717) is 6.04 Å². The molecule has 0 radical (unpaired) electrons. The standard InChI is InChI=1S/C12H20N2O/c1-2-15-9-8-12(14-13)10-11-6-4-3-5-7-11/h3-7,12,14H,2,8-10,13H2,1H3. The zero-order valence-corrected chi connectivity index (χ0v) is 9.28. The highest BCUT2D eigenvalue weighted by atomic mass is 16.5. The summed E-state index contributed by atoms with van der Waals surface area (Å²) < 4.78 is 5.31. The topological polar surface area (TPSA) is 47.3 Å². The van der Waals surface area contributed by atoms with E-state index in [1.165, 1.54) is 5.56 Å². The summed E-state index contributed by atoms with van der Waals surface area (Å²) in [5.41, 5.74) is 4.13. The molecule has 1 unspecified atom stereocenters. The van der Waals surface area contributed by atoms with Gasteiger partial charge >= 0.3 is 0 Å². The van der Waals surface area contributed by atoms with E-state index in [4.69, 9.17) is 10.6 Å². The predicted molar refractivity (Wildman–Crippen MR) is 62.4 cm³/mol. The van der Waals surface area contributed by atoms with Gasteiger partial charge in [-0.25, -0.2) is 0 Å². The molecule has 0 amide bonds. The normalized spacial score (nSPS) is 12.7. The van der Waals surface area contributed by atoms with Gasteiger partial charge in [-0.3, -0.25) is 11.3 Å². The van der Waals surface area contributed by atoms with Crippen molar-refractivity contribution in [3.05, 3.63) is 35.9 Å². The van der Waals surface area contributed by atoms with Crippen LogP contribution in [0.3, 0.4) is 0 Å². The van der Waals surface area contributed by atoms with Gasteiger partial charge < -0.3 is 4.74 Å². The smallest absolute Gasteiger partial charge is 0.0481 e. The zero-order valence-electron chi connectivity index (χ0n) is 9.28. The first-order valence-corrected chi connectivity index (χ1v) is 5.44. The molecule has 15 heavy (non-hydrogen) atoms. The van der Waals surface area contributed by atoms with Gasteiger partial charge in [0, 0.05) is 19.3 Å². The summed E-state index contributed by atoms with van der Waals surface area (Å²) in [5.74, 6) is 5.50. The Hall–Kier alpha value is -0.900. The van der Waals surface area contributed by atoms with Crippen LogP contribution >= 0.6 is 0 Å². The molecule has 0 fully saturated rings. The summed E-state index contributed by atoms with van der Waals surface area (Å²) in [6.07, 6.45) is 1.89. The Morgan fingerprint density at radius 1 is 1.33 bits per heavy atom. The van der Waals surface area contributed by atoms with Crippen molar-refractivity contribution in [2.75, 3.05) is 13.2 Å². The van der Waals surface area contributed by atoms with Crippen molar-refractivity contribution in [3.63, 3.8) is 0 Å². The number of ether oxygens (including phenoxy) is 1. The maximum atomic E-state index is 5.50. The maximum absolute atomic E-state index is 5.50. The number of nitrogens with one attached hydrogen (secondary N) is 1. The summed E-state index contributed by atoms with van der Waals surface area (Å²) in [4.78, 5) is 0. The molecule has 3 nitrogen and oxygen atoms in total. The van der Waals surface area contributed by atoms with E-state index in [1.54, 1.807) is 0 Å². The number of benzene rings is 1. The van der Waals surface area contributed by atoms with E-state index in [2.05, 4.69) is 17.6 Å². The van der Waals surface area contributed by atoms with E-state index in [9.17, 15) is 0 Å². The van der Waals surface area contributed by atoms with Crippen LogP contribution in [-0.4, -0.2) is 19.3 Å². The van der Waals surface area contributed by atoms with Crippen LogP contribution < -0.4 is 11.3 Å². The minimum Gasteiger partial charge on any atom is -0.382 e. The lowest BCUT2D eigenvalue weighted by atomic mass is 10.0. The first-order chi connectivity index (χ1) is 7.36. The molecule has 0 aliphatic carbocycles. The van der Waals surface area contributed by atoms with E-state index in [-0.39, 0.29) is 0 Å². The number of nitrogens with two attached hydrogens (primary N) is 1. The fourth-order valence-electron chi connectivity index (χ4n) is 1.51. The minimum absolute atomic E-state index is 0.291. The Morgan fingerprint density at radius 3 is 2.67 bits per heavy atom. The quantitative estimate of drug-likeness (QED) is 0.405. The minimum atomic E-state index is 0.291. The second-order valence-corrected chi connectivity index (χ2v) is 3.54. The highest BCUT2D eigenvalue weighted by Gasteiger charge is 2.06. The molecule has 0 saturated carbocycles. The lowest BCUT2D eigenvalue weighted by Gasteiger charge is -2.15. The third-order valence-corrected chi connectivity index (χ3v) is 2.38. The molecule has 3 N–H and O–H groups in total. The fourth-order valence-corrected chi connectivity index (χ4v) is 1.51. The van der Waals surface area contributed by atoms with Gasteiger partial charge in [-0.15, -0.1) is 0 Å². The summed E-state index contributed by atoms with van der Waals surface area (Å²) in [5, 5.41) is 0. The molecule has 0 spiro atoms. The van der Waals surface area contributed by atoms with Crippen molar-refractivity contribution >= 4 is 0 Å². The highest BCUT2D eigenvalue weighted by molar-refractivity contribution is 5.15. The van der Waals surface area contributed by atoms with Crippen molar-refractivity contribution in [3.8, 4) is 0 Å². The van der Waals surface area contributed by atoms with Crippen LogP contribution in [0.4, 0.5) is 0 Å². The molecule has 3 heteroatoms. The van der Waals surface area contributed by atoms with E-state index in [1.807, 2.05) is 25.1 Å². The maximum Gasteiger partial charge on any atom is 0.0481 e. The Balaban J connectivity index is 2.33. The SMILES string of the molecule is CCOCCC(Cc1ccccc1)NN. The molecular formula is C12H20N2O. The third-order valence-electron chi connectivity index (χ3n) is 2.38. The zero-order chi connectivity index (χ0) is 10.9. The summed E-state index contributed by atoms with van der Waals surface area (Å²) >= 11 is 0. The first kappa shape index (κ1) is 12.2. The second kappa shape index (κ2) is 7.40. The second-order valence-electron chi connectivity index (χ2n) is 3.54. The summed E-state index contributed by atoms with van der Waals surface area (Å²) in [7, 11) is 0. The van der Waals surface area contributed by atoms with Gasteiger partial charge in [-0.2, -0.15) is 0 Å². The molecule has 1 aromatic rings. The van der Waals surface area contributed by atoms with E-state index in [0.717, 1.165) is 26.1 Å². The molecule has 1 rings (SSSR count). The Morgan fingerprint density at radius 2 is 2.07 bits per heavy atom. The van der Waals surface area contributed by atoms with E-state index < -0.39 is 0 Å². The van der Waals surface area contributed by atoms with Crippen molar-refractivity contribution in [2.24, 2.45) is 5.84 Å². The highest BCUT2D eigenvalue weighted by Crippen LogP contribution is 2.05. The Labute approximate surface area is 91.6 Å². The molecule has 0 aliphatic rings. The van der Waals surface area contributed by atoms with Crippen molar-refractivity contribution in [1.29, 1.82) is 0 Å². The molecule has 0 saturated heterocycles. The molecule has 0 heterocycles. The average Bonchev–Trinajstić information content (AvgIpc) is 2.29.